The fourth-order valence-corrected chi connectivity index (χ4v) is 4.30. The van der Waals surface area contributed by atoms with Crippen molar-refractivity contribution in [3.63, 3.8) is 0 Å². The van der Waals surface area contributed by atoms with Crippen LogP contribution in [0.1, 0.15) is 45.4 Å². The van der Waals surface area contributed by atoms with Crippen LogP contribution >= 0.6 is 0 Å². The lowest BCUT2D eigenvalue weighted by Gasteiger charge is -2.39. The summed E-state index contributed by atoms with van der Waals surface area (Å²) in [6.07, 6.45) is 7.31. The van der Waals surface area contributed by atoms with Crippen LogP contribution in [0, 0.1) is 5.92 Å². The van der Waals surface area contributed by atoms with E-state index in [2.05, 4.69) is 22.0 Å². The number of piperidine rings is 2. The van der Waals surface area contributed by atoms with Gasteiger partial charge in [-0.05, 0) is 51.0 Å². The van der Waals surface area contributed by atoms with Gasteiger partial charge in [0.15, 0.2) is 0 Å². The van der Waals surface area contributed by atoms with E-state index in [9.17, 15) is 4.79 Å². The quantitative estimate of drug-likeness (QED) is 0.849. The third-order valence-electron chi connectivity index (χ3n) is 5.52. The highest BCUT2D eigenvalue weighted by atomic mass is 16.2. The third-order valence-corrected chi connectivity index (χ3v) is 5.52. The van der Waals surface area contributed by atoms with E-state index in [1.54, 1.807) is 0 Å². The van der Waals surface area contributed by atoms with Crippen molar-refractivity contribution in [3.05, 3.63) is 0 Å². The van der Waals surface area contributed by atoms with Gasteiger partial charge >= 0.3 is 0 Å². The van der Waals surface area contributed by atoms with Crippen LogP contribution in [-0.2, 0) is 4.79 Å². The first-order chi connectivity index (χ1) is 9.78. The van der Waals surface area contributed by atoms with Crippen molar-refractivity contribution in [1.82, 2.24) is 15.1 Å². The van der Waals surface area contributed by atoms with Gasteiger partial charge in [-0.2, -0.15) is 0 Å². The third kappa shape index (κ3) is 3.01. The molecule has 3 fully saturated rings. The number of carbonyl (C=O) groups excluding carboxylic acids is 1. The summed E-state index contributed by atoms with van der Waals surface area (Å²) in [5, 5.41) is 3.59. The second-order valence-corrected chi connectivity index (χ2v) is 6.78. The molecule has 3 heterocycles. The molecule has 3 aliphatic rings. The first-order valence-corrected chi connectivity index (χ1v) is 8.53. The highest BCUT2D eigenvalue weighted by molar-refractivity contribution is 5.78. The summed E-state index contributed by atoms with van der Waals surface area (Å²) in [6, 6.07) is 1.22. The Labute approximate surface area is 122 Å². The Morgan fingerprint density at radius 2 is 2.10 bits per heavy atom. The summed E-state index contributed by atoms with van der Waals surface area (Å²) in [7, 11) is 0. The van der Waals surface area contributed by atoms with E-state index >= 15 is 0 Å². The van der Waals surface area contributed by atoms with Crippen molar-refractivity contribution in [2.24, 2.45) is 5.92 Å². The van der Waals surface area contributed by atoms with E-state index in [0.29, 0.717) is 18.5 Å². The van der Waals surface area contributed by atoms with Crippen molar-refractivity contribution < 1.29 is 4.79 Å². The molecule has 0 radical (unpaired) electrons. The molecule has 1 N–H and O–H groups in total. The van der Waals surface area contributed by atoms with Gasteiger partial charge < -0.3 is 10.2 Å². The Morgan fingerprint density at radius 1 is 1.20 bits per heavy atom. The zero-order valence-corrected chi connectivity index (χ0v) is 12.8. The number of rotatable bonds is 3. The molecule has 0 aromatic rings. The maximum Gasteiger partial charge on any atom is 0.236 e. The summed E-state index contributed by atoms with van der Waals surface area (Å²) >= 11 is 0. The fourth-order valence-electron chi connectivity index (χ4n) is 4.30. The second-order valence-electron chi connectivity index (χ2n) is 6.78. The predicted molar refractivity (Wildman–Crippen MR) is 80.6 cm³/mol. The number of nitrogens with zero attached hydrogens (tertiary/aromatic N) is 2. The molecular weight excluding hydrogens is 250 g/mol. The van der Waals surface area contributed by atoms with Gasteiger partial charge in [0, 0.05) is 31.7 Å². The molecule has 3 rings (SSSR count). The van der Waals surface area contributed by atoms with Crippen LogP contribution in [0.4, 0.5) is 0 Å². The van der Waals surface area contributed by atoms with Crippen LogP contribution in [0.15, 0.2) is 0 Å². The lowest BCUT2D eigenvalue weighted by atomic mass is 9.93. The molecule has 0 aromatic heterocycles. The number of nitrogens with one attached hydrogen (secondary N) is 1. The maximum atomic E-state index is 12.6. The van der Waals surface area contributed by atoms with Crippen molar-refractivity contribution in [3.8, 4) is 0 Å². The van der Waals surface area contributed by atoms with Crippen LogP contribution in [0.5, 0.6) is 0 Å². The number of fused-ring (bicyclic) bond motifs is 1. The van der Waals surface area contributed by atoms with Gasteiger partial charge in [-0.1, -0.05) is 6.92 Å². The molecule has 0 bridgehead atoms. The van der Waals surface area contributed by atoms with Crippen molar-refractivity contribution in [1.29, 1.82) is 0 Å². The normalized spacial score (nSPS) is 35.0. The first-order valence-electron chi connectivity index (χ1n) is 8.53. The molecular formula is C16H29N3O. The van der Waals surface area contributed by atoms with Gasteiger partial charge in [0.25, 0.3) is 0 Å². The zero-order valence-electron chi connectivity index (χ0n) is 12.8. The van der Waals surface area contributed by atoms with Gasteiger partial charge in [0.05, 0.1) is 6.54 Å². The lowest BCUT2D eigenvalue weighted by Crippen LogP contribution is -2.51. The van der Waals surface area contributed by atoms with Crippen LogP contribution in [0.3, 0.4) is 0 Å². The van der Waals surface area contributed by atoms with E-state index in [4.69, 9.17) is 0 Å². The maximum absolute atomic E-state index is 12.6. The molecule has 3 unspecified atom stereocenters. The molecule has 1 amide bonds. The van der Waals surface area contributed by atoms with Crippen molar-refractivity contribution in [2.45, 2.75) is 57.5 Å². The van der Waals surface area contributed by atoms with Gasteiger partial charge in [-0.25, -0.2) is 0 Å². The minimum absolute atomic E-state index is 0.376. The summed E-state index contributed by atoms with van der Waals surface area (Å²) in [5.74, 6) is 1.15. The lowest BCUT2D eigenvalue weighted by molar-refractivity contribution is -0.136. The number of hydrogen-bond acceptors (Lipinski definition) is 3. The van der Waals surface area contributed by atoms with Crippen LogP contribution in [0.2, 0.25) is 0 Å². The van der Waals surface area contributed by atoms with Crippen molar-refractivity contribution in [2.75, 3.05) is 32.7 Å². The number of amides is 1. The first kappa shape index (κ1) is 14.3. The molecule has 0 aliphatic carbocycles. The minimum atomic E-state index is 0.376. The smallest absolute Gasteiger partial charge is 0.236 e. The van der Waals surface area contributed by atoms with Crippen LogP contribution in [-0.4, -0.2) is 60.5 Å². The van der Waals surface area contributed by atoms with E-state index in [1.165, 1.54) is 38.6 Å². The Morgan fingerprint density at radius 3 is 2.95 bits per heavy atom. The van der Waals surface area contributed by atoms with Gasteiger partial charge in [-0.3, -0.25) is 9.69 Å². The molecule has 0 saturated carbocycles. The molecule has 114 valence electrons. The second kappa shape index (κ2) is 6.44. The van der Waals surface area contributed by atoms with Crippen molar-refractivity contribution >= 4 is 5.91 Å². The zero-order chi connectivity index (χ0) is 13.9. The topological polar surface area (TPSA) is 35.6 Å². The fraction of sp³-hybridized carbons (Fsp3) is 0.938. The van der Waals surface area contributed by atoms with E-state index in [0.717, 1.165) is 38.0 Å². The molecule has 20 heavy (non-hydrogen) atoms. The minimum Gasteiger partial charge on any atom is -0.339 e. The number of hydrogen-bond donors (Lipinski definition) is 1. The van der Waals surface area contributed by atoms with E-state index in [-0.39, 0.29) is 0 Å². The molecule has 0 aromatic carbocycles. The molecule has 3 aliphatic heterocycles. The van der Waals surface area contributed by atoms with Gasteiger partial charge in [0.1, 0.15) is 0 Å². The SMILES string of the molecule is CCC1CCCCN1C(=O)CN1CCC2NCCC2C1. The van der Waals surface area contributed by atoms with Crippen LogP contribution in [0.25, 0.3) is 0 Å². The average Bonchev–Trinajstić information content (AvgIpc) is 2.94. The van der Waals surface area contributed by atoms with E-state index in [1.807, 2.05) is 0 Å². The van der Waals surface area contributed by atoms with Gasteiger partial charge in [-0.15, -0.1) is 0 Å². The standard InChI is InChI=1S/C16H29N3O/c1-2-14-5-3-4-9-19(14)16(20)12-18-10-7-15-13(11-18)6-8-17-15/h13-15,17H,2-12H2,1H3. The highest BCUT2D eigenvalue weighted by Crippen LogP contribution is 2.25. The molecule has 3 atom stereocenters. The monoisotopic (exact) mass is 279 g/mol. The van der Waals surface area contributed by atoms with E-state index < -0.39 is 0 Å². The summed E-state index contributed by atoms with van der Waals surface area (Å²) in [6.45, 7) is 7.23. The molecule has 4 nitrogen and oxygen atoms in total. The number of likely N-dealkylation sites (tertiary alicyclic amines) is 2. The summed E-state index contributed by atoms with van der Waals surface area (Å²) in [5.41, 5.74) is 0. The molecule has 4 heteroatoms. The average molecular weight is 279 g/mol. The Hall–Kier alpha value is -0.610. The Bertz CT molecular complexity index is 347. The van der Waals surface area contributed by atoms with Crippen LogP contribution < -0.4 is 5.32 Å². The Balaban J connectivity index is 1.53. The largest absolute Gasteiger partial charge is 0.339 e. The van der Waals surface area contributed by atoms with Gasteiger partial charge in [0.2, 0.25) is 5.91 Å². The predicted octanol–water partition coefficient (Wildman–Crippen LogP) is 1.46. The molecule has 3 saturated heterocycles. The number of carbonyl (C=O) groups is 1. The summed E-state index contributed by atoms with van der Waals surface area (Å²) < 4.78 is 0. The highest BCUT2D eigenvalue weighted by Gasteiger charge is 2.34. The Kier molecular flexibility index (Phi) is 4.61. The summed E-state index contributed by atoms with van der Waals surface area (Å²) in [4.78, 5) is 17.2. The molecule has 0 spiro atoms.